The minimum atomic E-state index is -0.366. The van der Waals surface area contributed by atoms with Crippen LogP contribution in [0.3, 0.4) is 0 Å². The Morgan fingerprint density at radius 1 is 1.38 bits per heavy atom. The number of carbonyl (C=O) groups excluding carboxylic acids is 1. The third-order valence-electron chi connectivity index (χ3n) is 5.09. The molecule has 0 spiro atoms. The molecule has 2 aromatic heterocycles. The molecule has 9 heteroatoms. The number of aromatic nitrogens is 4. The maximum atomic E-state index is 12.7. The Balaban J connectivity index is 1.58. The molecule has 1 fully saturated rings. The van der Waals surface area contributed by atoms with Crippen molar-refractivity contribution in [2.75, 3.05) is 30.4 Å². The summed E-state index contributed by atoms with van der Waals surface area (Å²) >= 11 is 0. The van der Waals surface area contributed by atoms with Crippen LogP contribution in [0.2, 0.25) is 0 Å². The first-order valence-electron chi connectivity index (χ1n) is 9.68. The van der Waals surface area contributed by atoms with Crippen molar-refractivity contribution >= 4 is 23.1 Å². The molecule has 1 amide bonds. The molecule has 1 aliphatic rings. The van der Waals surface area contributed by atoms with Crippen molar-refractivity contribution in [2.45, 2.75) is 26.3 Å². The predicted molar refractivity (Wildman–Crippen MR) is 109 cm³/mol. The Morgan fingerprint density at radius 3 is 3.03 bits per heavy atom. The zero-order chi connectivity index (χ0) is 20.4. The summed E-state index contributed by atoms with van der Waals surface area (Å²) in [7, 11) is 1.56. The van der Waals surface area contributed by atoms with E-state index in [1.807, 2.05) is 0 Å². The van der Waals surface area contributed by atoms with Crippen LogP contribution in [-0.2, 0) is 11.3 Å². The van der Waals surface area contributed by atoms with Crippen LogP contribution in [0, 0.1) is 5.92 Å². The van der Waals surface area contributed by atoms with Crippen LogP contribution in [-0.4, -0.2) is 45.3 Å². The third-order valence-corrected chi connectivity index (χ3v) is 5.09. The number of rotatable bonds is 5. The Bertz CT molecular complexity index is 1090. The SMILES string of the molecule is COc1cccc(NC(=O)Cn2nc3c(N4CCC[C@H](C)C4)nccn3c2=O)c1. The van der Waals surface area contributed by atoms with Crippen molar-refractivity contribution in [3.8, 4) is 5.75 Å². The normalized spacial score (nSPS) is 16.8. The number of nitrogens with one attached hydrogen (secondary N) is 1. The second-order valence-electron chi connectivity index (χ2n) is 7.36. The second-order valence-corrected chi connectivity index (χ2v) is 7.36. The lowest BCUT2D eigenvalue weighted by atomic mass is 10.0. The average molecular weight is 396 g/mol. The Morgan fingerprint density at radius 2 is 2.24 bits per heavy atom. The summed E-state index contributed by atoms with van der Waals surface area (Å²) in [5, 5.41) is 7.17. The highest BCUT2D eigenvalue weighted by Gasteiger charge is 2.22. The van der Waals surface area contributed by atoms with E-state index in [0.717, 1.165) is 19.5 Å². The Hall–Kier alpha value is -3.36. The van der Waals surface area contributed by atoms with Crippen molar-refractivity contribution in [3.63, 3.8) is 0 Å². The van der Waals surface area contributed by atoms with Crippen LogP contribution >= 0.6 is 0 Å². The van der Waals surface area contributed by atoms with E-state index in [0.29, 0.717) is 28.8 Å². The second kappa shape index (κ2) is 7.94. The quantitative estimate of drug-likeness (QED) is 0.707. The summed E-state index contributed by atoms with van der Waals surface area (Å²) < 4.78 is 7.77. The average Bonchev–Trinajstić information content (AvgIpc) is 3.03. The van der Waals surface area contributed by atoms with E-state index in [4.69, 9.17) is 4.74 Å². The van der Waals surface area contributed by atoms with Gasteiger partial charge in [-0.2, -0.15) is 0 Å². The summed E-state index contributed by atoms with van der Waals surface area (Å²) in [6.07, 6.45) is 5.45. The molecular weight excluding hydrogens is 372 g/mol. The minimum Gasteiger partial charge on any atom is -0.497 e. The number of amides is 1. The topological polar surface area (TPSA) is 93.8 Å². The number of hydrogen-bond donors (Lipinski definition) is 1. The fourth-order valence-corrected chi connectivity index (χ4v) is 3.68. The summed E-state index contributed by atoms with van der Waals surface area (Å²) in [5.74, 6) is 1.54. The van der Waals surface area contributed by atoms with Gasteiger partial charge in [-0.25, -0.2) is 18.9 Å². The van der Waals surface area contributed by atoms with E-state index in [1.165, 1.54) is 15.5 Å². The highest BCUT2D eigenvalue weighted by atomic mass is 16.5. The lowest BCUT2D eigenvalue weighted by molar-refractivity contribution is -0.117. The lowest BCUT2D eigenvalue weighted by Gasteiger charge is -2.31. The molecule has 29 heavy (non-hydrogen) atoms. The van der Waals surface area contributed by atoms with Gasteiger partial charge in [-0.15, -0.1) is 5.10 Å². The number of anilines is 2. The molecule has 152 valence electrons. The smallest absolute Gasteiger partial charge is 0.350 e. The molecule has 1 saturated heterocycles. The molecule has 0 bridgehead atoms. The number of benzene rings is 1. The van der Waals surface area contributed by atoms with Crippen LogP contribution in [0.25, 0.3) is 5.65 Å². The number of nitrogens with zero attached hydrogens (tertiary/aromatic N) is 5. The molecule has 0 radical (unpaired) electrons. The van der Waals surface area contributed by atoms with Gasteiger partial charge >= 0.3 is 5.69 Å². The van der Waals surface area contributed by atoms with E-state index in [2.05, 4.69) is 27.2 Å². The number of ether oxygens (including phenoxy) is 1. The first-order valence-corrected chi connectivity index (χ1v) is 9.68. The number of hydrogen-bond acceptors (Lipinski definition) is 6. The molecule has 1 aromatic carbocycles. The highest BCUT2D eigenvalue weighted by molar-refractivity contribution is 5.90. The van der Waals surface area contributed by atoms with Crippen LogP contribution < -0.4 is 20.6 Å². The van der Waals surface area contributed by atoms with E-state index < -0.39 is 0 Å². The van der Waals surface area contributed by atoms with Crippen LogP contribution in [0.1, 0.15) is 19.8 Å². The van der Waals surface area contributed by atoms with Gasteiger partial charge in [-0.3, -0.25) is 4.79 Å². The molecule has 1 N–H and O–H groups in total. The van der Waals surface area contributed by atoms with Gasteiger partial charge in [0.05, 0.1) is 7.11 Å². The van der Waals surface area contributed by atoms with Crippen molar-refractivity contribution < 1.29 is 9.53 Å². The fraction of sp³-hybridized carbons (Fsp3) is 0.400. The molecule has 0 aliphatic carbocycles. The van der Waals surface area contributed by atoms with Gasteiger partial charge in [-0.1, -0.05) is 13.0 Å². The van der Waals surface area contributed by atoms with Gasteiger partial charge in [0.2, 0.25) is 11.6 Å². The van der Waals surface area contributed by atoms with Gasteiger partial charge in [0.25, 0.3) is 0 Å². The molecule has 9 nitrogen and oxygen atoms in total. The maximum Gasteiger partial charge on any atom is 0.350 e. The van der Waals surface area contributed by atoms with E-state index >= 15 is 0 Å². The number of carbonyl (C=O) groups is 1. The number of piperidine rings is 1. The predicted octanol–water partition coefficient (Wildman–Crippen LogP) is 1.77. The zero-order valence-corrected chi connectivity index (χ0v) is 16.5. The molecule has 0 unspecified atom stereocenters. The first-order chi connectivity index (χ1) is 14.0. The summed E-state index contributed by atoms with van der Waals surface area (Å²) in [6.45, 7) is 3.78. The van der Waals surface area contributed by atoms with Crippen LogP contribution in [0.4, 0.5) is 11.5 Å². The molecule has 3 aromatic rings. The Labute approximate surface area is 167 Å². The monoisotopic (exact) mass is 396 g/mol. The van der Waals surface area contributed by atoms with E-state index in [9.17, 15) is 9.59 Å². The number of methoxy groups -OCH3 is 1. The first kappa shape index (κ1) is 19.0. The molecule has 4 rings (SSSR count). The zero-order valence-electron chi connectivity index (χ0n) is 16.5. The van der Waals surface area contributed by atoms with Crippen LogP contribution in [0.5, 0.6) is 5.75 Å². The molecule has 1 aliphatic heterocycles. The van der Waals surface area contributed by atoms with Gasteiger partial charge in [0, 0.05) is 37.2 Å². The number of fused-ring (bicyclic) bond motifs is 1. The molecule has 1 atom stereocenters. The maximum absolute atomic E-state index is 12.7. The fourth-order valence-electron chi connectivity index (χ4n) is 3.68. The summed E-state index contributed by atoms with van der Waals surface area (Å²) in [4.78, 5) is 31.8. The van der Waals surface area contributed by atoms with Crippen molar-refractivity contribution in [3.05, 3.63) is 47.1 Å². The van der Waals surface area contributed by atoms with Crippen molar-refractivity contribution in [2.24, 2.45) is 5.92 Å². The van der Waals surface area contributed by atoms with Gasteiger partial charge in [0.1, 0.15) is 12.3 Å². The lowest BCUT2D eigenvalue weighted by Crippen LogP contribution is -2.35. The minimum absolute atomic E-state index is 0.187. The summed E-state index contributed by atoms with van der Waals surface area (Å²) in [6, 6.07) is 7.04. The summed E-state index contributed by atoms with van der Waals surface area (Å²) in [5.41, 5.74) is 0.700. The third kappa shape index (κ3) is 3.94. The standard InChI is InChI=1S/C20H24N6O3/c1-14-5-4-9-24(12-14)18-19-23-26(20(28)25(19)10-8-21-18)13-17(27)22-15-6-3-7-16(11-15)29-2/h3,6-8,10-11,14H,4-5,9,12-13H2,1-2H3,(H,22,27)/t14-/m0/s1. The molecule has 0 saturated carbocycles. The van der Waals surface area contributed by atoms with E-state index in [1.54, 1.807) is 43.8 Å². The Kier molecular flexibility index (Phi) is 5.20. The van der Waals surface area contributed by atoms with Crippen LogP contribution in [0.15, 0.2) is 41.5 Å². The van der Waals surface area contributed by atoms with Crippen molar-refractivity contribution in [1.29, 1.82) is 0 Å². The highest BCUT2D eigenvalue weighted by Crippen LogP contribution is 2.23. The van der Waals surface area contributed by atoms with Gasteiger partial charge in [-0.05, 0) is 30.9 Å². The van der Waals surface area contributed by atoms with Gasteiger partial charge in [0.15, 0.2) is 5.82 Å². The molecular formula is C20H24N6O3. The largest absolute Gasteiger partial charge is 0.497 e. The van der Waals surface area contributed by atoms with Gasteiger partial charge < -0.3 is 15.0 Å². The van der Waals surface area contributed by atoms with E-state index in [-0.39, 0.29) is 18.1 Å². The van der Waals surface area contributed by atoms with Crippen molar-refractivity contribution in [1.82, 2.24) is 19.2 Å². The molecule has 3 heterocycles.